The number of halogens is 3. The first kappa shape index (κ1) is 17.0. The molecule has 0 radical (unpaired) electrons. The molecule has 26 heavy (non-hydrogen) atoms. The van der Waals surface area contributed by atoms with Gasteiger partial charge in [0.15, 0.2) is 5.75 Å². The van der Waals surface area contributed by atoms with E-state index in [1.807, 2.05) is 12.1 Å². The second-order valence-electron chi connectivity index (χ2n) is 5.57. The largest absolute Gasteiger partial charge is 0.455 e. The van der Waals surface area contributed by atoms with Gasteiger partial charge in [-0.2, -0.15) is 0 Å². The van der Waals surface area contributed by atoms with Crippen molar-refractivity contribution >= 4 is 57.5 Å². The number of rotatable bonds is 4. The summed E-state index contributed by atoms with van der Waals surface area (Å²) in [5.74, 6) is 1.83. The molecule has 4 nitrogen and oxygen atoms in total. The Kier molecular flexibility index (Phi) is 4.64. The number of hydrogen-bond acceptors (Lipinski definition) is 3. The average Bonchev–Trinajstić information content (AvgIpc) is 3.00. The number of fused-ring (bicyclic) bond motifs is 1. The van der Waals surface area contributed by atoms with E-state index in [1.165, 1.54) is 0 Å². The van der Waals surface area contributed by atoms with Crippen molar-refractivity contribution in [3.63, 3.8) is 0 Å². The Morgan fingerprint density at radius 2 is 1.50 bits per heavy atom. The fourth-order valence-corrected chi connectivity index (χ4v) is 2.96. The molecule has 130 valence electrons. The predicted molar refractivity (Wildman–Crippen MR) is 107 cm³/mol. The number of nitrogens with one attached hydrogen (secondary N) is 2. The molecule has 0 spiro atoms. The van der Waals surface area contributed by atoms with Gasteiger partial charge in [0.2, 0.25) is 5.95 Å². The molecule has 1 heterocycles. The molecule has 4 rings (SSSR count). The van der Waals surface area contributed by atoms with Crippen LogP contribution in [-0.4, -0.2) is 9.97 Å². The van der Waals surface area contributed by atoms with Crippen LogP contribution < -0.4 is 10.1 Å². The molecule has 1 aromatic heterocycles. The van der Waals surface area contributed by atoms with Gasteiger partial charge < -0.3 is 15.0 Å². The Morgan fingerprint density at radius 3 is 2.31 bits per heavy atom. The lowest BCUT2D eigenvalue weighted by atomic mass is 10.3. The number of aromatic nitrogens is 2. The maximum absolute atomic E-state index is 6.15. The van der Waals surface area contributed by atoms with Gasteiger partial charge in [-0.25, -0.2) is 4.98 Å². The lowest BCUT2D eigenvalue weighted by molar-refractivity contribution is 0.485. The van der Waals surface area contributed by atoms with Gasteiger partial charge in [0.1, 0.15) is 5.75 Å². The Hall–Kier alpha value is -2.40. The van der Waals surface area contributed by atoms with Crippen LogP contribution >= 0.6 is 34.8 Å². The molecular formula is C19H12Cl3N3O. The molecule has 0 unspecified atom stereocenters. The summed E-state index contributed by atoms with van der Waals surface area (Å²) in [6, 6.07) is 17.9. The summed E-state index contributed by atoms with van der Waals surface area (Å²) in [5, 5.41) is 5.07. The summed E-state index contributed by atoms with van der Waals surface area (Å²) >= 11 is 18.1. The Balaban J connectivity index is 1.66. The molecule has 0 saturated heterocycles. The fourth-order valence-electron chi connectivity index (χ4n) is 2.49. The van der Waals surface area contributed by atoms with Crippen molar-refractivity contribution in [3.8, 4) is 11.5 Å². The molecule has 2 N–H and O–H groups in total. The first-order chi connectivity index (χ1) is 12.6. The van der Waals surface area contributed by atoms with Crippen LogP contribution in [0.4, 0.5) is 11.6 Å². The van der Waals surface area contributed by atoms with E-state index in [0.29, 0.717) is 38.2 Å². The van der Waals surface area contributed by atoms with Crippen molar-refractivity contribution in [1.29, 1.82) is 0 Å². The summed E-state index contributed by atoms with van der Waals surface area (Å²) < 4.78 is 5.94. The summed E-state index contributed by atoms with van der Waals surface area (Å²) in [6.07, 6.45) is 0. The van der Waals surface area contributed by atoms with Crippen LogP contribution in [0.5, 0.6) is 11.5 Å². The molecule has 0 aliphatic carbocycles. The van der Waals surface area contributed by atoms with Gasteiger partial charge in [0.25, 0.3) is 0 Å². The Morgan fingerprint density at radius 1 is 0.808 bits per heavy atom. The lowest BCUT2D eigenvalue weighted by Crippen LogP contribution is -1.96. The number of imidazole rings is 1. The molecule has 7 heteroatoms. The minimum Gasteiger partial charge on any atom is -0.455 e. The number of nitrogens with zero attached hydrogens (tertiary/aromatic N) is 1. The van der Waals surface area contributed by atoms with Crippen LogP contribution in [0, 0.1) is 0 Å². The van der Waals surface area contributed by atoms with Crippen molar-refractivity contribution in [2.45, 2.75) is 0 Å². The van der Waals surface area contributed by atoms with Crippen LogP contribution in [0.3, 0.4) is 0 Å². The van der Waals surface area contributed by atoms with Gasteiger partial charge in [0.05, 0.1) is 16.7 Å². The van der Waals surface area contributed by atoms with Crippen LogP contribution in [0.2, 0.25) is 15.1 Å². The van der Waals surface area contributed by atoms with Crippen LogP contribution in [-0.2, 0) is 0 Å². The van der Waals surface area contributed by atoms with Gasteiger partial charge >= 0.3 is 0 Å². The number of hydrogen-bond donors (Lipinski definition) is 2. The van der Waals surface area contributed by atoms with E-state index in [2.05, 4.69) is 15.3 Å². The van der Waals surface area contributed by atoms with E-state index in [1.54, 1.807) is 48.5 Å². The highest BCUT2D eigenvalue weighted by Gasteiger charge is 2.10. The minimum absolute atomic E-state index is 0.561. The monoisotopic (exact) mass is 403 g/mol. The number of H-pyrrole nitrogens is 1. The Bertz CT molecular complexity index is 1080. The standard InChI is InChI=1S/C19H12Cl3N3O/c20-11-1-5-14(6-2-11)26-18-8-4-13(22)10-17(18)25-19-23-15-7-3-12(21)9-16(15)24-19/h1-10H,(H2,23,24,25). The third-order valence-corrected chi connectivity index (χ3v) is 4.40. The normalized spacial score (nSPS) is 10.9. The van der Waals surface area contributed by atoms with Gasteiger partial charge in [-0.05, 0) is 60.7 Å². The van der Waals surface area contributed by atoms with Gasteiger partial charge in [-0.3, -0.25) is 0 Å². The third kappa shape index (κ3) is 3.73. The second-order valence-corrected chi connectivity index (χ2v) is 6.88. The average molecular weight is 405 g/mol. The summed E-state index contributed by atoms with van der Waals surface area (Å²) in [7, 11) is 0. The summed E-state index contributed by atoms with van der Waals surface area (Å²) in [4.78, 5) is 7.68. The van der Waals surface area contributed by atoms with Crippen LogP contribution in [0.1, 0.15) is 0 Å². The van der Waals surface area contributed by atoms with Gasteiger partial charge in [-0.1, -0.05) is 34.8 Å². The van der Waals surface area contributed by atoms with E-state index in [0.717, 1.165) is 11.0 Å². The SMILES string of the molecule is Clc1ccc(Oc2ccc(Cl)cc2Nc2nc3ccc(Cl)cc3[nH]2)cc1. The second kappa shape index (κ2) is 7.08. The maximum atomic E-state index is 6.15. The highest BCUT2D eigenvalue weighted by molar-refractivity contribution is 6.31. The molecule has 0 bridgehead atoms. The zero-order valence-electron chi connectivity index (χ0n) is 13.3. The molecule has 0 fully saturated rings. The fraction of sp³-hybridized carbons (Fsp3) is 0. The first-order valence-electron chi connectivity index (χ1n) is 7.72. The van der Waals surface area contributed by atoms with Crippen LogP contribution in [0.15, 0.2) is 60.7 Å². The quantitative estimate of drug-likeness (QED) is 0.383. The number of benzene rings is 3. The van der Waals surface area contributed by atoms with Gasteiger partial charge in [0, 0.05) is 15.1 Å². The van der Waals surface area contributed by atoms with Crippen LogP contribution in [0.25, 0.3) is 11.0 Å². The van der Waals surface area contributed by atoms with Crippen molar-refractivity contribution in [2.75, 3.05) is 5.32 Å². The van der Waals surface area contributed by atoms with Gasteiger partial charge in [-0.15, -0.1) is 0 Å². The topological polar surface area (TPSA) is 49.9 Å². The molecule has 0 atom stereocenters. The lowest BCUT2D eigenvalue weighted by Gasteiger charge is -2.12. The smallest absolute Gasteiger partial charge is 0.205 e. The molecule has 3 aromatic carbocycles. The summed E-state index contributed by atoms with van der Waals surface area (Å²) in [5.41, 5.74) is 2.32. The zero-order valence-corrected chi connectivity index (χ0v) is 15.5. The zero-order chi connectivity index (χ0) is 18.1. The van der Waals surface area contributed by atoms with Crippen molar-refractivity contribution in [3.05, 3.63) is 75.7 Å². The molecule has 4 aromatic rings. The van der Waals surface area contributed by atoms with Crippen molar-refractivity contribution in [2.24, 2.45) is 0 Å². The highest BCUT2D eigenvalue weighted by Crippen LogP contribution is 2.34. The number of aromatic amines is 1. The molecule has 0 amide bonds. The van der Waals surface area contributed by atoms with E-state index >= 15 is 0 Å². The van der Waals surface area contributed by atoms with Crippen molar-refractivity contribution < 1.29 is 4.74 Å². The maximum Gasteiger partial charge on any atom is 0.205 e. The third-order valence-electron chi connectivity index (χ3n) is 3.68. The molecule has 0 saturated carbocycles. The highest BCUT2D eigenvalue weighted by atomic mass is 35.5. The number of ether oxygens (including phenoxy) is 1. The van der Waals surface area contributed by atoms with E-state index in [4.69, 9.17) is 39.5 Å². The van der Waals surface area contributed by atoms with E-state index in [-0.39, 0.29) is 0 Å². The van der Waals surface area contributed by atoms with E-state index in [9.17, 15) is 0 Å². The molecule has 0 aliphatic rings. The first-order valence-corrected chi connectivity index (χ1v) is 8.85. The molecular weight excluding hydrogens is 393 g/mol. The number of anilines is 2. The predicted octanol–water partition coefficient (Wildman–Crippen LogP) is 7.06. The van der Waals surface area contributed by atoms with Crippen molar-refractivity contribution in [1.82, 2.24) is 9.97 Å². The minimum atomic E-state index is 0.561. The molecule has 0 aliphatic heterocycles. The van der Waals surface area contributed by atoms with E-state index < -0.39 is 0 Å². The Labute approximate surface area is 164 Å². The summed E-state index contributed by atoms with van der Waals surface area (Å²) in [6.45, 7) is 0.